The van der Waals surface area contributed by atoms with E-state index in [4.69, 9.17) is 9.76 Å². The summed E-state index contributed by atoms with van der Waals surface area (Å²) in [6.45, 7) is 0.616. The molecule has 0 saturated carbocycles. The van der Waals surface area contributed by atoms with Gasteiger partial charge < -0.3 is 9.76 Å². The van der Waals surface area contributed by atoms with E-state index >= 15 is 0 Å². The third-order valence-corrected chi connectivity index (χ3v) is 3.04. The molecular formula is C14H10BO3. The Morgan fingerprint density at radius 2 is 2.00 bits per heavy atom. The van der Waals surface area contributed by atoms with Crippen LogP contribution in [0.3, 0.4) is 0 Å². The highest BCUT2D eigenvalue weighted by atomic mass is 16.4. The second-order valence-corrected chi connectivity index (χ2v) is 4.23. The van der Waals surface area contributed by atoms with Crippen molar-refractivity contribution in [3.63, 3.8) is 0 Å². The molecule has 0 bridgehead atoms. The molecule has 2 aromatic rings. The number of fused-ring (bicyclic) bond motifs is 1. The van der Waals surface area contributed by atoms with Gasteiger partial charge in [0.2, 0.25) is 0 Å². The van der Waals surface area contributed by atoms with Gasteiger partial charge in [0, 0.05) is 0 Å². The fraction of sp³-hybridized carbons (Fsp3) is 0.0714. The van der Waals surface area contributed by atoms with Gasteiger partial charge in [0.25, 0.3) is 0 Å². The minimum Gasteiger partial charge on any atom is -0.478 e. The lowest BCUT2D eigenvalue weighted by atomic mass is 9.85. The minimum atomic E-state index is -0.909. The van der Waals surface area contributed by atoms with Crippen LogP contribution in [0, 0.1) is 0 Å². The van der Waals surface area contributed by atoms with Crippen LogP contribution in [0.1, 0.15) is 15.9 Å². The lowest BCUT2D eigenvalue weighted by Gasteiger charge is -2.05. The Bertz CT molecular complexity index is 622. The second kappa shape index (κ2) is 4.31. The van der Waals surface area contributed by atoms with Crippen molar-refractivity contribution in [2.75, 3.05) is 0 Å². The fourth-order valence-corrected chi connectivity index (χ4v) is 2.07. The van der Waals surface area contributed by atoms with Crippen molar-refractivity contribution in [3.8, 4) is 11.1 Å². The fourth-order valence-electron chi connectivity index (χ4n) is 2.07. The highest BCUT2D eigenvalue weighted by molar-refractivity contribution is 6.49. The molecule has 0 amide bonds. The summed E-state index contributed by atoms with van der Waals surface area (Å²) >= 11 is 0. The van der Waals surface area contributed by atoms with Gasteiger partial charge in [0.1, 0.15) is 0 Å². The third kappa shape index (κ3) is 1.91. The molecule has 1 aliphatic heterocycles. The second-order valence-electron chi connectivity index (χ2n) is 4.23. The Labute approximate surface area is 105 Å². The van der Waals surface area contributed by atoms with Crippen molar-refractivity contribution in [1.29, 1.82) is 0 Å². The van der Waals surface area contributed by atoms with Crippen LogP contribution in [0.4, 0.5) is 0 Å². The molecule has 0 aromatic heterocycles. The molecule has 0 spiro atoms. The van der Waals surface area contributed by atoms with Crippen LogP contribution in [0.5, 0.6) is 0 Å². The van der Waals surface area contributed by atoms with E-state index in [2.05, 4.69) is 0 Å². The zero-order valence-electron chi connectivity index (χ0n) is 9.59. The van der Waals surface area contributed by atoms with Crippen molar-refractivity contribution < 1.29 is 14.6 Å². The summed E-state index contributed by atoms with van der Waals surface area (Å²) in [4.78, 5) is 10.9. The molecule has 0 atom stereocenters. The van der Waals surface area contributed by atoms with E-state index in [1.54, 1.807) is 25.7 Å². The zero-order valence-corrected chi connectivity index (χ0v) is 9.59. The van der Waals surface area contributed by atoms with Gasteiger partial charge in [-0.05, 0) is 34.3 Å². The molecule has 0 saturated heterocycles. The maximum Gasteiger partial charge on any atom is 0.335 e. The first kappa shape index (κ1) is 11.0. The number of carboxylic acid groups (broad SMARTS) is 1. The molecule has 1 radical (unpaired) electrons. The van der Waals surface area contributed by atoms with Gasteiger partial charge in [0.15, 0.2) is 0 Å². The summed E-state index contributed by atoms with van der Waals surface area (Å²) in [5, 5.41) is 8.98. The van der Waals surface area contributed by atoms with Crippen LogP contribution >= 0.6 is 0 Å². The van der Waals surface area contributed by atoms with Crippen molar-refractivity contribution in [2.45, 2.75) is 6.61 Å². The molecule has 4 heteroatoms. The average molecular weight is 237 g/mol. The molecule has 1 aliphatic rings. The molecule has 3 nitrogen and oxygen atoms in total. The normalized spacial score (nSPS) is 12.9. The summed E-state index contributed by atoms with van der Waals surface area (Å²) in [6, 6.07) is 13.0. The standard InChI is InChI=1S/C14H10BO3/c16-14(17)11-3-1-2-9(6-11)10-4-5-12-8-18-15-13(12)7-10/h1-7H,8H2,(H,16,17). The van der Waals surface area contributed by atoms with E-state index in [9.17, 15) is 4.79 Å². The van der Waals surface area contributed by atoms with Crippen LogP contribution < -0.4 is 5.46 Å². The van der Waals surface area contributed by atoms with E-state index in [1.807, 2.05) is 24.3 Å². The van der Waals surface area contributed by atoms with E-state index in [0.29, 0.717) is 12.2 Å². The van der Waals surface area contributed by atoms with Crippen LogP contribution in [0.25, 0.3) is 11.1 Å². The van der Waals surface area contributed by atoms with Gasteiger partial charge in [-0.3, -0.25) is 0 Å². The maximum absolute atomic E-state index is 10.9. The molecule has 3 rings (SSSR count). The quantitative estimate of drug-likeness (QED) is 0.810. The summed E-state index contributed by atoms with van der Waals surface area (Å²) in [5.74, 6) is -0.909. The summed E-state index contributed by atoms with van der Waals surface area (Å²) in [7, 11) is 1.74. The predicted molar refractivity (Wildman–Crippen MR) is 69.0 cm³/mol. The highest BCUT2D eigenvalue weighted by Gasteiger charge is 2.14. The number of hydrogen-bond acceptors (Lipinski definition) is 2. The van der Waals surface area contributed by atoms with Gasteiger partial charge in [-0.1, -0.05) is 30.3 Å². The third-order valence-electron chi connectivity index (χ3n) is 3.04. The Morgan fingerprint density at radius 3 is 2.83 bits per heavy atom. The Kier molecular flexibility index (Phi) is 2.65. The number of aromatic carboxylic acids is 1. The Hall–Kier alpha value is -2.07. The van der Waals surface area contributed by atoms with Crippen LogP contribution in [0.15, 0.2) is 42.5 Å². The van der Waals surface area contributed by atoms with Crippen molar-refractivity contribution in [1.82, 2.24) is 0 Å². The molecule has 1 N–H and O–H groups in total. The maximum atomic E-state index is 10.9. The smallest absolute Gasteiger partial charge is 0.335 e. The van der Waals surface area contributed by atoms with Gasteiger partial charge in [-0.2, -0.15) is 0 Å². The largest absolute Gasteiger partial charge is 0.478 e. The SMILES string of the molecule is O=C(O)c1cccc(-c2ccc3c(c2)[B]OC3)c1. The molecule has 2 aromatic carbocycles. The van der Waals surface area contributed by atoms with Gasteiger partial charge in [0.05, 0.1) is 12.2 Å². The summed E-state index contributed by atoms with van der Waals surface area (Å²) < 4.78 is 5.25. The lowest BCUT2D eigenvalue weighted by Crippen LogP contribution is -2.11. The molecule has 0 unspecified atom stereocenters. The van der Waals surface area contributed by atoms with Crippen LogP contribution in [0.2, 0.25) is 0 Å². The minimum absolute atomic E-state index is 0.299. The van der Waals surface area contributed by atoms with Crippen molar-refractivity contribution >= 4 is 18.9 Å². The highest BCUT2D eigenvalue weighted by Crippen LogP contribution is 2.21. The van der Waals surface area contributed by atoms with Crippen molar-refractivity contribution in [3.05, 3.63) is 53.6 Å². The number of benzene rings is 2. The van der Waals surface area contributed by atoms with Crippen LogP contribution in [-0.4, -0.2) is 18.6 Å². The average Bonchev–Trinajstić information content (AvgIpc) is 2.86. The Morgan fingerprint density at radius 1 is 1.17 bits per heavy atom. The predicted octanol–water partition coefficient (Wildman–Crippen LogP) is 1.83. The molecule has 87 valence electrons. The van der Waals surface area contributed by atoms with Crippen molar-refractivity contribution in [2.24, 2.45) is 0 Å². The zero-order chi connectivity index (χ0) is 12.5. The molecule has 18 heavy (non-hydrogen) atoms. The van der Waals surface area contributed by atoms with Gasteiger partial charge in [-0.15, -0.1) is 0 Å². The van der Waals surface area contributed by atoms with Gasteiger partial charge in [-0.25, -0.2) is 4.79 Å². The number of rotatable bonds is 2. The topological polar surface area (TPSA) is 46.5 Å². The Balaban J connectivity index is 2.04. The molecule has 1 heterocycles. The monoisotopic (exact) mass is 237 g/mol. The van der Waals surface area contributed by atoms with E-state index in [0.717, 1.165) is 22.2 Å². The lowest BCUT2D eigenvalue weighted by molar-refractivity contribution is 0.0697. The number of carboxylic acids is 1. The molecule has 0 fully saturated rings. The summed E-state index contributed by atoms with van der Waals surface area (Å²) in [6.07, 6.45) is 0. The first-order chi connectivity index (χ1) is 8.74. The first-order valence-electron chi connectivity index (χ1n) is 5.65. The molecule has 0 aliphatic carbocycles. The van der Waals surface area contributed by atoms with E-state index < -0.39 is 5.97 Å². The molecular weight excluding hydrogens is 227 g/mol. The summed E-state index contributed by atoms with van der Waals surface area (Å²) in [5.41, 5.74) is 4.42. The van der Waals surface area contributed by atoms with Gasteiger partial charge >= 0.3 is 13.5 Å². The number of hydrogen-bond donors (Lipinski definition) is 1. The number of carbonyl (C=O) groups is 1. The van der Waals surface area contributed by atoms with E-state index in [1.165, 1.54) is 0 Å². The van der Waals surface area contributed by atoms with E-state index in [-0.39, 0.29) is 0 Å². The van der Waals surface area contributed by atoms with Crippen LogP contribution in [-0.2, 0) is 11.3 Å². The first-order valence-corrected chi connectivity index (χ1v) is 5.65.